The van der Waals surface area contributed by atoms with Crippen LogP contribution in [0.4, 0.5) is 17.1 Å². The Labute approximate surface area is 350 Å². The van der Waals surface area contributed by atoms with Gasteiger partial charge in [0, 0.05) is 59.3 Å². The summed E-state index contributed by atoms with van der Waals surface area (Å²) >= 11 is 1.89. The van der Waals surface area contributed by atoms with Crippen LogP contribution in [0.5, 0.6) is 0 Å². The zero-order chi connectivity index (χ0) is 39.9. The molecule has 1 aliphatic rings. The van der Waals surface area contributed by atoms with Crippen LogP contribution in [-0.2, 0) is 10.8 Å². The SMILES string of the molecule is CC1(C)CCC(C)(C)c2cc(-n3c4ccccc4c4ccc(N(c5cccc(-c6ccccc6)c5)c5cc(-c6ccccc6)c6sc7ccccc7c6c5)cc43)ccc21. The van der Waals surface area contributed by atoms with Gasteiger partial charge >= 0.3 is 0 Å². The third-order valence-electron chi connectivity index (χ3n) is 13.0. The van der Waals surface area contributed by atoms with Gasteiger partial charge in [0.05, 0.1) is 11.0 Å². The van der Waals surface area contributed by atoms with Crippen molar-refractivity contribution in [1.29, 1.82) is 0 Å². The molecule has 2 aromatic heterocycles. The highest BCUT2D eigenvalue weighted by Crippen LogP contribution is 2.49. The molecule has 2 heterocycles. The van der Waals surface area contributed by atoms with Crippen molar-refractivity contribution in [3.63, 3.8) is 0 Å². The zero-order valence-electron chi connectivity index (χ0n) is 34.0. The van der Waals surface area contributed by atoms with Crippen LogP contribution in [0.1, 0.15) is 51.7 Å². The van der Waals surface area contributed by atoms with Gasteiger partial charge < -0.3 is 9.47 Å². The van der Waals surface area contributed by atoms with E-state index in [1.54, 1.807) is 0 Å². The van der Waals surface area contributed by atoms with E-state index in [0.717, 1.165) is 17.1 Å². The molecule has 0 saturated heterocycles. The molecule has 0 saturated carbocycles. The van der Waals surface area contributed by atoms with E-state index >= 15 is 0 Å². The molecular weight excluding hydrogens is 733 g/mol. The number of rotatable bonds is 6. The van der Waals surface area contributed by atoms with Crippen LogP contribution in [0, 0.1) is 0 Å². The molecule has 1 aliphatic carbocycles. The Kier molecular flexibility index (Phi) is 8.22. The second-order valence-corrected chi connectivity index (χ2v) is 18.7. The van der Waals surface area contributed by atoms with Crippen molar-refractivity contribution >= 4 is 70.4 Å². The minimum absolute atomic E-state index is 0.103. The molecule has 0 amide bonds. The molecule has 0 radical (unpaired) electrons. The number of hydrogen-bond donors (Lipinski definition) is 0. The van der Waals surface area contributed by atoms with Gasteiger partial charge in [-0.3, -0.25) is 0 Å². The highest BCUT2D eigenvalue weighted by molar-refractivity contribution is 7.26. The Morgan fingerprint density at radius 3 is 1.88 bits per heavy atom. The van der Waals surface area contributed by atoms with E-state index in [9.17, 15) is 0 Å². The van der Waals surface area contributed by atoms with E-state index in [1.165, 1.54) is 93.9 Å². The van der Waals surface area contributed by atoms with Crippen molar-refractivity contribution in [3.05, 3.63) is 193 Å². The monoisotopic (exact) mass is 778 g/mol. The number of para-hydroxylation sites is 1. The van der Waals surface area contributed by atoms with Crippen LogP contribution in [0.15, 0.2) is 182 Å². The van der Waals surface area contributed by atoms with E-state index in [4.69, 9.17) is 0 Å². The standard InChI is InChI=1S/C56H46N2S/c1-55(2)30-31-56(3,4)50-35-41(27-29-49(50)55)58-51-24-13-11-22-44(51)45-28-26-42(36-52(45)58)57(40-21-15-20-39(32-40)37-16-7-5-8-17-37)43-33-47(38-18-9-6-10-19-38)54-48(34-43)46-23-12-14-25-53(46)59-54/h5-29,32-36H,30-31H2,1-4H3. The molecule has 10 aromatic rings. The summed E-state index contributed by atoms with van der Waals surface area (Å²) in [6, 6.07) is 67.6. The minimum Gasteiger partial charge on any atom is -0.310 e. The Morgan fingerprint density at radius 1 is 0.441 bits per heavy atom. The van der Waals surface area contributed by atoms with E-state index in [-0.39, 0.29) is 10.8 Å². The summed E-state index contributed by atoms with van der Waals surface area (Å²) in [5.74, 6) is 0. The van der Waals surface area contributed by atoms with Crippen LogP contribution in [-0.4, -0.2) is 4.57 Å². The average molecular weight is 779 g/mol. The van der Waals surface area contributed by atoms with Crippen molar-refractivity contribution < 1.29 is 0 Å². The maximum atomic E-state index is 2.51. The summed E-state index contributed by atoms with van der Waals surface area (Å²) in [4.78, 5) is 2.48. The summed E-state index contributed by atoms with van der Waals surface area (Å²) in [7, 11) is 0. The van der Waals surface area contributed by atoms with Crippen molar-refractivity contribution in [2.24, 2.45) is 0 Å². The molecule has 3 heteroatoms. The summed E-state index contributed by atoms with van der Waals surface area (Å²) in [5.41, 5.74) is 15.1. The van der Waals surface area contributed by atoms with Gasteiger partial charge in [-0.2, -0.15) is 0 Å². The molecule has 0 atom stereocenters. The molecule has 0 unspecified atom stereocenters. The summed E-state index contributed by atoms with van der Waals surface area (Å²) in [5, 5.41) is 5.09. The first-order valence-corrected chi connectivity index (χ1v) is 21.7. The second-order valence-electron chi connectivity index (χ2n) is 17.6. The van der Waals surface area contributed by atoms with Crippen LogP contribution >= 0.6 is 11.3 Å². The van der Waals surface area contributed by atoms with Gasteiger partial charge in [-0.25, -0.2) is 0 Å². The summed E-state index contributed by atoms with van der Waals surface area (Å²) < 4.78 is 5.13. The summed E-state index contributed by atoms with van der Waals surface area (Å²) in [6.07, 6.45) is 2.38. The van der Waals surface area contributed by atoms with Crippen LogP contribution in [0.25, 0.3) is 69.9 Å². The number of benzene rings is 8. The number of aromatic nitrogens is 1. The van der Waals surface area contributed by atoms with Crippen LogP contribution in [0.3, 0.4) is 0 Å². The molecule has 8 aromatic carbocycles. The first-order chi connectivity index (χ1) is 28.7. The van der Waals surface area contributed by atoms with E-state index in [1.807, 2.05) is 11.3 Å². The topological polar surface area (TPSA) is 8.17 Å². The fourth-order valence-electron chi connectivity index (χ4n) is 9.77. The Bertz CT molecular complexity index is 3220. The van der Waals surface area contributed by atoms with Gasteiger partial charge in [0.15, 0.2) is 0 Å². The Morgan fingerprint density at radius 2 is 1.08 bits per heavy atom. The lowest BCUT2D eigenvalue weighted by Gasteiger charge is -2.42. The maximum absolute atomic E-state index is 2.51. The van der Waals surface area contributed by atoms with Gasteiger partial charge in [-0.1, -0.05) is 149 Å². The van der Waals surface area contributed by atoms with Gasteiger partial charge in [-0.05, 0) is 112 Å². The molecule has 0 fully saturated rings. The lowest BCUT2D eigenvalue weighted by atomic mass is 9.63. The predicted molar refractivity (Wildman–Crippen MR) is 255 cm³/mol. The number of hydrogen-bond acceptors (Lipinski definition) is 2. The fourth-order valence-corrected chi connectivity index (χ4v) is 11.0. The third kappa shape index (κ3) is 5.90. The molecule has 0 spiro atoms. The number of fused-ring (bicyclic) bond motifs is 7. The summed E-state index contributed by atoms with van der Waals surface area (Å²) in [6.45, 7) is 9.67. The second kappa shape index (κ2) is 13.6. The first kappa shape index (κ1) is 35.7. The molecule has 286 valence electrons. The van der Waals surface area contributed by atoms with E-state index in [0.29, 0.717) is 0 Å². The van der Waals surface area contributed by atoms with Crippen molar-refractivity contribution in [2.45, 2.75) is 51.4 Å². The fraction of sp³-hybridized carbons (Fsp3) is 0.143. The molecule has 0 N–H and O–H groups in total. The van der Waals surface area contributed by atoms with Gasteiger partial charge in [-0.15, -0.1) is 11.3 Å². The van der Waals surface area contributed by atoms with Gasteiger partial charge in [0.25, 0.3) is 0 Å². The molecule has 11 rings (SSSR count). The number of anilines is 3. The normalized spacial score (nSPS) is 14.6. The van der Waals surface area contributed by atoms with E-state index < -0.39 is 0 Å². The molecule has 0 bridgehead atoms. The lowest BCUT2D eigenvalue weighted by molar-refractivity contribution is 0.332. The van der Waals surface area contributed by atoms with Crippen molar-refractivity contribution in [2.75, 3.05) is 4.90 Å². The quantitative estimate of drug-likeness (QED) is 0.163. The molecular formula is C56H46N2S. The Balaban J connectivity index is 1.19. The zero-order valence-corrected chi connectivity index (χ0v) is 34.9. The smallest absolute Gasteiger partial charge is 0.0561 e. The Hall–Kier alpha value is -6.42. The van der Waals surface area contributed by atoms with Crippen molar-refractivity contribution in [1.82, 2.24) is 4.57 Å². The third-order valence-corrected chi connectivity index (χ3v) is 14.2. The van der Waals surface area contributed by atoms with Crippen LogP contribution < -0.4 is 4.90 Å². The highest BCUT2D eigenvalue weighted by Gasteiger charge is 2.37. The average Bonchev–Trinajstić information content (AvgIpc) is 3.81. The molecule has 2 nitrogen and oxygen atoms in total. The van der Waals surface area contributed by atoms with Gasteiger partial charge in [0.1, 0.15) is 0 Å². The maximum Gasteiger partial charge on any atom is 0.0561 e. The molecule has 0 aliphatic heterocycles. The number of nitrogens with zero attached hydrogens (tertiary/aromatic N) is 2. The molecule has 59 heavy (non-hydrogen) atoms. The van der Waals surface area contributed by atoms with Crippen LogP contribution in [0.2, 0.25) is 0 Å². The largest absolute Gasteiger partial charge is 0.310 e. The predicted octanol–water partition coefficient (Wildman–Crippen LogP) is 16.3. The minimum atomic E-state index is 0.103. The first-order valence-electron chi connectivity index (χ1n) is 20.9. The number of thiophene rings is 1. The van der Waals surface area contributed by atoms with Crippen molar-refractivity contribution in [3.8, 4) is 27.9 Å². The lowest BCUT2D eigenvalue weighted by Crippen LogP contribution is -2.33. The van der Waals surface area contributed by atoms with E-state index in [2.05, 4.69) is 219 Å². The van der Waals surface area contributed by atoms with Gasteiger partial charge in [0.2, 0.25) is 0 Å². The highest BCUT2D eigenvalue weighted by atomic mass is 32.1.